The summed E-state index contributed by atoms with van der Waals surface area (Å²) in [6.45, 7) is 4.02. The Morgan fingerprint density at radius 2 is 1.68 bits per heavy atom. The van der Waals surface area contributed by atoms with Crippen LogP contribution in [0, 0.1) is 13.8 Å². The number of phenolic OH excluding ortho intramolecular Hbond substituents is 1. The lowest BCUT2D eigenvalue weighted by molar-refractivity contribution is 0.104. The lowest BCUT2D eigenvalue weighted by atomic mass is 10.0. The molecule has 1 N–H and O–H groups in total. The highest BCUT2D eigenvalue weighted by molar-refractivity contribution is 6.06. The summed E-state index contributed by atoms with van der Waals surface area (Å²) in [5.74, 6) is 0.203. The molecule has 2 heteroatoms. The van der Waals surface area contributed by atoms with Gasteiger partial charge in [0.15, 0.2) is 5.78 Å². The number of hydrogen-bond donors (Lipinski definition) is 1. The molecule has 0 unspecified atom stereocenters. The van der Waals surface area contributed by atoms with E-state index < -0.39 is 0 Å². The number of aryl methyl sites for hydroxylation is 2. The van der Waals surface area contributed by atoms with Gasteiger partial charge < -0.3 is 5.11 Å². The van der Waals surface area contributed by atoms with Crippen LogP contribution in [0.25, 0.3) is 6.08 Å². The molecule has 0 heterocycles. The van der Waals surface area contributed by atoms with Gasteiger partial charge in [0.05, 0.1) is 0 Å². The molecule has 0 saturated heterocycles. The fourth-order valence-electron chi connectivity index (χ4n) is 1.75. The SMILES string of the molecule is Cc1ccc(C(=O)C=Cc2ccc(O)cc2)cc1C. The molecule has 0 amide bonds. The molecule has 0 spiro atoms. The predicted octanol–water partition coefficient (Wildman–Crippen LogP) is 3.91. The minimum atomic E-state index is -0.0174. The van der Waals surface area contributed by atoms with Gasteiger partial charge in [0, 0.05) is 5.56 Å². The zero-order chi connectivity index (χ0) is 13.8. The third-order valence-corrected chi connectivity index (χ3v) is 3.11. The van der Waals surface area contributed by atoms with Crippen molar-refractivity contribution in [2.75, 3.05) is 0 Å². The molecule has 0 aromatic heterocycles. The summed E-state index contributed by atoms with van der Waals surface area (Å²) in [7, 11) is 0. The van der Waals surface area contributed by atoms with Crippen LogP contribution in [0.5, 0.6) is 5.75 Å². The summed E-state index contributed by atoms with van der Waals surface area (Å²) in [4.78, 5) is 12.0. The molecule has 0 aliphatic rings. The highest BCUT2D eigenvalue weighted by atomic mass is 16.3. The average molecular weight is 252 g/mol. The van der Waals surface area contributed by atoms with Crippen molar-refractivity contribution in [3.63, 3.8) is 0 Å². The topological polar surface area (TPSA) is 37.3 Å². The molecule has 0 aliphatic heterocycles. The third-order valence-electron chi connectivity index (χ3n) is 3.11. The van der Waals surface area contributed by atoms with Crippen LogP contribution in [0.2, 0.25) is 0 Å². The Labute approximate surface area is 113 Å². The number of aromatic hydroxyl groups is 1. The van der Waals surface area contributed by atoms with Gasteiger partial charge in [0.2, 0.25) is 0 Å². The smallest absolute Gasteiger partial charge is 0.185 e. The van der Waals surface area contributed by atoms with Gasteiger partial charge in [-0.1, -0.05) is 30.3 Å². The molecule has 0 aliphatic carbocycles. The van der Waals surface area contributed by atoms with Crippen molar-refractivity contribution in [2.24, 2.45) is 0 Å². The zero-order valence-electron chi connectivity index (χ0n) is 11.1. The van der Waals surface area contributed by atoms with Crippen LogP contribution in [0.3, 0.4) is 0 Å². The van der Waals surface area contributed by atoms with Crippen molar-refractivity contribution in [2.45, 2.75) is 13.8 Å². The molecule has 96 valence electrons. The first-order chi connectivity index (χ1) is 9.06. The van der Waals surface area contributed by atoms with Gasteiger partial charge in [-0.2, -0.15) is 0 Å². The summed E-state index contributed by atoms with van der Waals surface area (Å²) in [6.07, 6.45) is 3.30. The largest absolute Gasteiger partial charge is 0.508 e. The number of rotatable bonds is 3. The molecular formula is C17H16O2. The molecule has 0 bridgehead atoms. The van der Waals surface area contributed by atoms with Crippen LogP contribution in [-0.4, -0.2) is 10.9 Å². The zero-order valence-corrected chi connectivity index (χ0v) is 11.1. The molecule has 2 aromatic carbocycles. The lowest BCUT2D eigenvalue weighted by Gasteiger charge is -2.01. The molecule has 2 nitrogen and oxygen atoms in total. The molecule has 2 aromatic rings. The van der Waals surface area contributed by atoms with Crippen molar-refractivity contribution in [1.82, 2.24) is 0 Å². The fraction of sp³-hybridized carbons (Fsp3) is 0.118. The summed E-state index contributed by atoms with van der Waals surface area (Å²) in [5, 5.41) is 9.18. The standard InChI is InChI=1S/C17H16O2/c1-12-3-7-15(11-13(12)2)17(19)10-6-14-4-8-16(18)9-5-14/h3-11,18H,1-2H3. The van der Waals surface area contributed by atoms with E-state index in [1.807, 2.05) is 32.0 Å². The number of phenols is 1. The van der Waals surface area contributed by atoms with Crippen LogP contribution in [0.1, 0.15) is 27.0 Å². The van der Waals surface area contributed by atoms with Gasteiger partial charge in [-0.25, -0.2) is 0 Å². The van der Waals surface area contributed by atoms with Gasteiger partial charge in [-0.05, 0) is 54.8 Å². The number of hydrogen-bond acceptors (Lipinski definition) is 2. The number of allylic oxidation sites excluding steroid dienone is 1. The molecule has 0 atom stereocenters. The Hall–Kier alpha value is -2.35. The van der Waals surface area contributed by atoms with Gasteiger partial charge in [-0.3, -0.25) is 4.79 Å². The highest BCUT2D eigenvalue weighted by Gasteiger charge is 2.03. The van der Waals surface area contributed by atoms with Gasteiger partial charge in [0.25, 0.3) is 0 Å². The van der Waals surface area contributed by atoms with E-state index in [1.54, 1.807) is 36.4 Å². The Balaban J connectivity index is 2.16. The number of carbonyl (C=O) groups excluding carboxylic acids is 1. The second kappa shape index (κ2) is 5.53. The van der Waals surface area contributed by atoms with Crippen molar-refractivity contribution in [3.05, 3.63) is 70.8 Å². The van der Waals surface area contributed by atoms with E-state index in [-0.39, 0.29) is 11.5 Å². The lowest BCUT2D eigenvalue weighted by Crippen LogP contribution is -1.95. The highest BCUT2D eigenvalue weighted by Crippen LogP contribution is 2.13. The molecular weight excluding hydrogens is 236 g/mol. The Kier molecular flexibility index (Phi) is 3.81. The van der Waals surface area contributed by atoms with E-state index in [1.165, 1.54) is 5.56 Å². The number of benzene rings is 2. The van der Waals surface area contributed by atoms with E-state index in [0.717, 1.165) is 11.1 Å². The first kappa shape index (κ1) is 13.1. The van der Waals surface area contributed by atoms with Crippen LogP contribution in [0.4, 0.5) is 0 Å². The quantitative estimate of drug-likeness (QED) is 0.664. The van der Waals surface area contributed by atoms with Crippen molar-refractivity contribution < 1.29 is 9.90 Å². The molecule has 0 fully saturated rings. The second-order valence-electron chi connectivity index (χ2n) is 4.59. The number of carbonyl (C=O) groups is 1. The summed E-state index contributed by atoms with van der Waals surface area (Å²) in [5.41, 5.74) is 3.87. The summed E-state index contributed by atoms with van der Waals surface area (Å²) >= 11 is 0. The van der Waals surface area contributed by atoms with Gasteiger partial charge >= 0.3 is 0 Å². The van der Waals surface area contributed by atoms with Crippen LogP contribution in [0.15, 0.2) is 48.5 Å². The van der Waals surface area contributed by atoms with E-state index in [2.05, 4.69) is 0 Å². The molecule has 0 radical (unpaired) electrons. The normalized spacial score (nSPS) is 10.8. The molecule has 19 heavy (non-hydrogen) atoms. The minimum absolute atomic E-state index is 0.0174. The van der Waals surface area contributed by atoms with Crippen molar-refractivity contribution in [1.29, 1.82) is 0 Å². The summed E-state index contributed by atoms with van der Waals surface area (Å²) < 4.78 is 0. The Morgan fingerprint density at radius 3 is 2.32 bits per heavy atom. The van der Waals surface area contributed by atoms with Crippen molar-refractivity contribution in [3.8, 4) is 5.75 Å². The van der Waals surface area contributed by atoms with E-state index >= 15 is 0 Å². The Morgan fingerprint density at radius 1 is 1.00 bits per heavy atom. The monoisotopic (exact) mass is 252 g/mol. The first-order valence-corrected chi connectivity index (χ1v) is 6.15. The van der Waals surface area contributed by atoms with Crippen LogP contribution >= 0.6 is 0 Å². The fourth-order valence-corrected chi connectivity index (χ4v) is 1.75. The molecule has 2 rings (SSSR count). The number of ketones is 1. The van der Waals surface area contributed by atoms with E-state index in [9.17, 15) is 9.90 Å². The maximum atomic E-state index is 12.0. The van der Waals surface area contributed by atoms with Gasteiger partial charge in [0.1, 0.15) is 5.75 Å². The predicted molar refractivity (Wildman–Crippen MR) is 77.4 cm³/mol. The maximum absolute atomic E-state index is 12.0. The van der Waals surface area contributed by atoms with E-state index in [0.29, 0.717) is 5.56 Å². The van der Waals surface area contributed by atoms with Crippen LogP contribution < -0.4 is 0 Å². The van der Waals surface area contributed by atoms with Crippen molar-refractivity contribution >= 4 is 11.9 Å². The average Bonchev–Trinajstić information content (AvgIpc) is 2.41. The minimum Gasteiger partial charge on any atom is -0.508 e. The Bertz CT molecular complexity index is 622. The third kappa shape index (κ3) is 3.32. The first-order valence-electron chi connectivity index (χ1n) is 6.15. The van der Waals surface area contributed by atoms with Gasteiger partial charge in [-0.15, -0.1) is 0 Å². The molecule has 0 saturated carbocycles. The maximum Gasteiger partial charge on any atom is 0.185 e. The van der Waals surface area contributed by atoms with E-state index in [4.69, 9.17) is 0 Å². The van der Waals surface area contributed by atoms with Crippen LogP contribution in [-0.2, 0) is 0 Å². The second-order valence-corrected chi connectivity index (χ2v) is 4.59. The summed E-state index contributed by atoms with van der Waals surface area (Å²) in [6, 6.07) is 12.4.